The van der Waals surface area contributed by atoms with Crippen molar-refractivity contribution in [3.63, 3.8) is 0 Å². The highest BCUT2D eigenvalue weighted by molar-refractivity contribution is 5.81. The van der Waals surface area contributed by atoms with E-state index in [1.54, 1.807) is 10.8 Å². The van der Waals surface area contributed by atoms with Crippen molar-refractivity contribution < 1.29 is 32.6 Å². The van der Waals surface area contributed by atoms with E-state index in [0.717, 1.165) is 23.8 Å². The van der Waals surface area contributed by atoms with Gasteiger partial charge in [0, 0.05) is 43.9 Å². The predicted octanol–water partition coefficient (Wildman–Crippen LogP) is 4.20. The molecule has 2 amide bonds. The van der Waals surface area contributed by atoms with Gasteiger partial charge < -0.3 is 30.4 Å². The molecule has 43 heavy (non-hydrogen) atoms. The van der Waals surface area contributed by atoms with Crippen LogP contribution in [0.25, 0.3) is 11.3 Å². The van der Waals surface area contributed by atoms with E-state index in [1.165, 1.54) is 11.8 Å². The van der Waals surface area contributed by atoms with Gasteiger partial charge in [0.2, 0.25) is 0 Å². The summed E-state index contributed by atoms with van der Waals surface area (Å²) < 4.78 is 50.9. The molecule has 0 spiro atoms. The summed E-state index contributed by atoms with van der Waals surface area (Å²) in [5.41, 5.74) is 5.22. The van der Waals surface area contributed by atoms with Crippen molar-refractivity contribution >= 4 is 12.0 Å². The average Bonchev–Trinajstić information content (AvgIpc) is 3.54. The zero-order valence-electron chi connectivity index (χ0n) is 24.5. The fourth-order valence-electron chi connectivity index (χ4n) is 5.54. The molecule has 0 aliphatic carbocycles. The molecule has 3 aromatic rings. The Morgan fingerprint density at radius 3 is 2.56 bits per heavy atom. The highest BCUT2D eigenvalue weighted by Gasteiger charge is 2.44. The average molecular weight is 602 g/mol. The number of amides is 2. The lowest BCUT2D eigenvalue weighted by atomic mass is 9.79. The second kappa shape index (κ2) is 13.6. The summed E-state index contributed by atoms with van der Waals surface area (Å²) in [6, 6.07) is 11.5. The number of nitrogens with zero attached hydrogens (tertiary/aromatic N) is 3. The lowest BCUT2D eigenvalue weighted by Crippen LogP contribution is -2.50. The molecule has 1 fully saturated rings. The van der Waals surface area contributed by atoms with E-state index in [9.17, 15) is 27.9 Å². The second-order valence-corrected chi connectivity index (χ2v) is 11.6. The van der Waals surface area contributed by atoms with E-state index in [0.29, 0.717) is 12.4 Å². The van der Waals surface area contributed by atoms with Gasteiger partial charge in [0.1, 0.15) is 29.7 Å². The highest BCUT2D eigenvalue weighted by Crippen LogP contribution is 2.43. The van der Waals surface area contributed by atoms with Crippen LogP contribution in [0.5, 0.6) is 0 Å². The van der Waals surface area contributed by atoms with Gasteiger partial charge in [0.15, 0.2) is 0 Å². The van der Waals surface area contributed by atoms with E-state index in [-0.39, 0.29) is 43.9 Å². The molecule has 1 aliphatic rings. The molecule has 1 aromatic heterocycles. The minimum Gasteiger partial charge on any atom is -0.450 e. The number of carbonyl (C=O) groups is 2. The molecule has 1 aliphatic heterocycles. The van der Waals surface area contributed by atoms with E-state index in [2.05, 4.69) is 5.32 Å². The minimum atomic E-state index is -1.43. The van der Waals surface area contributed by atoms with Crippen molar-refractivity contribution in [1.29, 1.82) is 0 Å². The van der Waals surface area contributed by atoms with Crippen LogP contribution in [0.3, 0.4) is 0 Å². The second-order valence-electron chi connectivity index (χ2n) is 11.6. The summed E-state index contributed by atoms with van der Waals surface area (Å²) in [5.74, 6) is -2.25. The van der Waals surface area contributed by atoms with Crippen molar-refractivity contribution in [2.45, 2.75) is 52.1 Å². The molecule has 0 saturated carbocycles. The zero-order chi connectivity index (χ0) is 31.3. The minimum absolute atomic E-state index is 0.0511. The van der Waals surface area contributed by atoms with Crippen LogP contribution in [0.1, 0.15) is 44.6 Å². The van der Waals surface area contributed by atoms with Gasteiger partial charge in [-0.1, -0.05) is 44.2 Å². The first-order valence-corrected chi connectivity index (χ1v) is 14.2. The van der Waals surface area contributed by atoms with Gasteiger partial charge in [-0.3, -0.25) is 4.79 Å². The number of halogens is 3. The van der Waals surface area contributed by atoms with Crippen molar-refractivity contribution in [1.82, 2.24) is 19.8 Å². The molecule has 2 heterocycles. The summed E-state index contributed by atoms with van der Waals surface area (Å²) in [5, 5.41) is 13.5. The number of imidazole rings is 1. The molecular formula is C31H38F3N5O4. The van der Waals surface area contributed by atoms with Gasteiger partial charge >= 0.3 is 6.09 Å². The standard InChI is InChI=1S/C31H38F3N5O4/c1-19(40)29(41)39(17-21-14-36-15-25(21)34)27(31(2,3)11-12-43-30(35)42)28-37-26(23-13-22(32)9-10-24(23)33)18-38(28)16-20-7-5-4-6-8-20/h4-10,13,18-19,21,25,27,36,40H,11-12,14-17H2,1-3H3,(H2,35,42)/t19-,21-,25-,27-/m0/s1. The Morgan fingerprint density at radius 2 is 1.93 bits per heavy atom. The first-order valence-electron chi connectivity index (χ1n) is 14.2. The Hall–Kier alpha value is -3.90. The first-order chi connectivity index (χ1) is 20.4. The molecule has 4 atom stereocenters. The smallest absolute Gasteiger partial charge is 0.404 e. The maximum Gasteiger partial charge on any atom is 0.404 e. The van der Waals surface area contributed by atoms with Crippen LogP contribution in [0.15, 0.2) is 54.7 Å². The Bertz CT molecular complexity index is 1420. The zero-order valence-corrected chi connectivity index (χ0v) is 24.5. The third-order valence-corrected chi connectivity index (χ3v) is 7.82. The topological polar surface area (TPSA) is 123 Å². The monoisotopic (exact) mass is 601 g/mol. The van der Waals surface area contributed by atoms with Crippen molar-refractivity contribution in [2.75, 3.05) is 26.2 Å². The van der Waals surface area contributed by atoms with E-state index in [1.807, 2.05) is 44.2 Å². The number of hydrogen-bond acceptors (Lipinski definition) is 6. The first kappa shape index (κ1) is 32.0. The maximum absolute atomic E-state index is 15.0. The molecule has 12 heteroatoms. The summed E-state index contributed by atoms with van der Waals surface area (Å²) in [6.45, 7) is 5.57. The third kappa shape index (κ3) is 7.74. The Kier molecular flexibility index (Phi) is 10.1. The van der Waals surface area contributed by atoms with Crippen LogP contribution in [0, 0.1) is 23.0 Å². The largest absolute Gasteiger partial charge is 0.450 e. The van der Waals surface area contributed by atoms with Crippen LogP contribution in [-0.4, -0.2) is 70.1 Å². The molecule has 0 radical (unpaired) electrons. The fraction of sp³-hybridized carbons (Fsp3) is 0.452. The van der Waals surface area contributed by atoms with E-state index < -0.39 is 53.3 Å². The number of carbonyl (C=O) groups excluding carboxylic acids is 2. The molecule has 232 valence electrons. The molecule has 9 nitrogen and oxygen atoms in total. The fourth-order valence-corrected chi connectivity index (χ4v) is 5.54. The number of rotatable bonds is 12. The predicted molar refractivity (Wildman–Crippen MR) is 154 cm³/mol. The third-order valence-electron chi connectivity index (χ3n) is 7.82. The van der Waals surface area contributed by atoms with Crippen molar-refractivity contribution in [3.05, 3.63) is 77.8 Å². The van der Waals surface area contributed by atoms with Gasteiger partial charge in [-0.05, 0) is 42.5 Å². The molecule has 4 N–H and O–H groups in total. The van der Waals surface area contributed by atoms with Gasteiger partial charge in [0.05, 0.1) is 18.3 Å². The number of nitrogens with one attached hydrogen (secondary N) is 1. The van der Waals surface area contributed by atoms with Gasteiger partial charge in [-0.15, -0.1) is 0 Å². The van der Waals surface area contributed by atoms with Crippen LogP contribution in [-0.2, 0) is 16.1 Å². The summed E-state index contributed by atoms with van der Waals surface area (Å²) in [4.78, 5) is 31.3. The molecule has 0 unspecified atom stereocenters. The quantitative estimate of drug-likeness (QED) is 0.286. The lowest BCUT2D eigenvalue weighted by Gasteiger charge is -2.43. The molecule has 2 aromatic carbocycles. The number of hydrogen-bond donors (Lipinski definition) is 3. The van der Waals surface area contributed by atoms with Crippen LogP contribution >= 0.6 is 0 Å². The SMILES string of the molecule is C[C@H](O)C(=O)N(C[C@@H]1CNC[C@@H]1F)[C@@H](c1nc(-c2cc(F)ccc2F)cn1Cc1ccccc1)C(C)(C)CCOC(N)=O. The number of benzene rings is 2. The van der Waals surface area contributed by atoms with Gasteiger partial charge in [-0.2, -0.15) is 0 Å². The maximum atomic E-state index is 15.0. The van der Waals surface area contributed by atoms with Crippen molar-refractivity contribution in [2.24, 2.45) is 17.1 Å². The summed E-state index contributed by atoms with van der Waals surface area (Å²) >= 11 is 0. The lowest BCUT2D eigenvalue weighted by molar-refractivity contribution is -0.146. The number of alkyl halides is 1. The molecular weight excluding hydrogens is 563 g/mol. The van der Waals surface area contributed by atoms with Crippen molar-refractivity contribution in [3.8, 4) is 11.3 Å². The van der Waals surface area contributed by atoms with Crippen LogP contribution in [0.2, 0.25) is 0 Å². The number of aliphatic hydroxyl groups is 1. The Balaban J connectivity index is 1.91. The number of primary amides is 1. The Labute approximate surface area is 248 Å². The molecule has 1 saturated heterocycles. The Morgan fingerprint density at radius 1 is 1.21 bits per heavy atom. The van der Waals surface area contributed by atoms with Gasteiger partial charge in [0.25, 0.3) is 5.91 Å². The van der Waals surface area contributed by atoms with Gasteiger partial charge in [-0.25, -0.2) is 22.9 Å². The number of nitrogens with two attached hydrogens (primary N) is 1. The summed E-state index contributed by atoms with van der Waals surface area (Å²) in [7, 11) is 0. The van der Waals surface area contributed by atoms with Crippen LogP contribution in [0.4, 0.5) is 18.0 Å². The normalized spacial score (nSPS) is 18.3. The molecule has 0 bridgehead atoms. The van der Waals surface area contributed by atoms with E-state index in [4.69, 9.17) is 15.5 Å². The number of aliphatic hydroxyl groups excluding tert-OH is 1. The van der Waals surface area contributed by atoms with E-state index >= 15 is 0 Å². The number of ether oxygens (including phenoxy) is 1. The number of aromatic nitrogens is 2. The summed E-state index contributed by atoms with van der Waals surface area (Å²) in [6.07, 6.45) is -1.83. The molecule has 4 rings (SSSR count). The van der Waals surface area contributed by atoms with Crippen LogP contribution < -0.4 is 11.1 Å². The highest BCUT2D eigenvalue weighted by atomic mass is 19.1.